The smallest absolute Gasteiger partial charge is 0.191 e. The Hall–Kier alpha value is -1.37. The molecule has 1 saturated heterocycles. The molecule has 0 N–H and O–H groups in total. The van der Waals surface area contributed by atoms with Gasteiger partial charge in [-0.15, -0.1) is 10.2 Å². The van der Waals surface area contributed by atoms with Crippen molar-refractivity contribution >= 4 is 11.8 Å². The fourth-order valence-electron chi connectivity index (χ4n) is 3.18. The van der Waals surface area contributed by atoms with Crippen molar-refractivity contribution in [1.29, 1.82) is 0 Å². The van der Waals surface area contributed by atoms with Crippen LogP contribution in [0.1, 0.15) is 30.1 Å². The Kier molecular flexibility index (Phi) is 4.87. The van der Waals surface area contributed by atoms with Crippen LogP contribution in [0.2, 0.25) is 0 Å². The summed E-state index contributed by atoms with van der Waals surface area (Å²) in [5, 5.41) is 9.72. The van der Waals surface area contributed by atoms with Crippen molar-refractivity contribution in [3.63, 3.8) is 0 Å². The normalized spacial score (nSPS) is 22.0. The molecule has 1 aliphatic carbocycles. The van der Waals surface area contributed by atoms with E-state index in [-0.39, 0.29) is 6.10 Å². The molecule has 6 heteroatoms. The van der Waals surface area contributed by atoms with Crippen LogP contribution >= 0.6 is 11.8 Å². The Labute approximate surface area is 147 Å². The van der Waals surface area contributed by atoms with Gasteiger partial charge < -0.3 is 9.30 Å². The van der Waals surface area contributed by atoms with Gasteiger partial charge >= 0.3 is 0 Å². The highest BCUT2D eigenvalue weighted by atomic mass is 32.2. The number of hydrogen-bond donors (Lipinski definition) is 0. The van der Waals surface area contributed by atoms with E-state index in [1.165, 1.54) is 18.4 Å². The molecule has 0 spiro atoms. The number of thioether (sulfide) groups is 1. The lowest BCUT2D eigenvalue weighted by molar-refractivity contribution is -0.0187. The van der Waals surface area contributed by atoms with Gasteiger partial charge in [0.25, 0.3) is 0 Å². The molecule has 1 aromatic carbocycles. The van der Waals surface area contributed by atoms with Crippen molar-refractivity contribution in [2.24, 2.45) is 7.05 Å². The van der Waals surface area contributed by atoms with E-state index in [4.69, 9.17) is 4.74 Å². The minimum Gasteiger partial charge on any atom is -0.375 e. The van der Waals surface area contributed by atoms with E-state index in [9.17, 15) is 0 Å². The summed E-state index contributed by atoms with van der Waals surface area (Å²) < 4.78 is 8.11. The molecule has 128 valence electrons. The minimum atomic E-state index is 0.258. The third-order valence-electron chi connectivity index (χ3n) is 4.68. The molecule has 24 heavy (non-hydrogen) atoms. The zero-order valence-corrected chi connectivity index (χ0v) is 14.9. The highest BCUT2D eigenvalue weighted by Crippen LogP contribution is 2.39. The molecule has 0 radical (unpaired) electrons. The molecular formula is C18H24N4OS. The van der Waals surface area contributed by atoms with E-state index in [2.05, 4.69) is 57.0 Å². The summed E-state index contributed by atoms with van der Waals surface area (Å²) in [6, 6.07) is 10.7. The molecule has 2 aromatic rings. The van der Waals surface area contributed by atoms with Crippen molar-refractivity contribution in [3.05, 3.63) is 41.7 Å². The Morgan fingerprint density at radius 3 is 2.83 bits per heavy atom. The molecule has 0 amide bonds. The zero-order chi connectivity index (χ0) is 16.4. The summed E-state index contributed by atoms with van der Waals surface area (Å²) in [6.45, 7) is 3.80. The maximum Gasteiger partial charge on any atom is 0.191 e. The second-order valence-corrected chi connectivity index (χ2v) is 7.69. The zero-order valence-electron chi connectivity index (χ0n) is 14.1. The summed E-state index contributed by atoms with van der Waals surface area (Å²) in [5.74, 6) is 2.72. The molecule has 1 saturated carbocycles. The Morgan fingerprint density at radius 1 is 1.21 bits per heavy atom. The molecule has 1 aliphatic heterocycles. The lowest BCUT2D eigenvalue weighted by atomic mass is 10.2. The second-order valence-electron chi connectivity index (χ2n) is 6.70. The van der Waals surface area contributed by atoms with Crippen LogP contribution in [-0.2, 0) is 18.3 Å². The van der Waals surface area contributed by atoms with Crippen molar-refractivity contribution in [2.45, 2.75) is 36.6 Å². The standard InChI is InChI=1S/C18H24N4OS/c1-21-17(15-7-8-15)19-20-18(21)24-13-16-12-22(9-10-23-16)11-14-5-3-2-4-6-14/h2-6,15-16H,7-13H2,1H3/t16-/m1/s1. The minimum absolute atomic E-state index is 0.258. The van der Waals surface area contributed by atoms with Crippen LogP contribution in [0, 0.1) is 0 Å². The van der Waals surface area contributed by atoms with Gasteiger partial charge in [0.2, 0.25) is 0 Å². The third kappa shape index (κ3) is 3.82. The molecule has 2 heterocycles. The predicted octanol–water partition coefficient (Wildman–Crippen LogP) is 2.69. The predicted molar refractivity (Wildman–Crippen MR) is 95.2 cm³/mol. The van der Waals surface area contributed by atoms with E-state index in [1.54, 1.807) is 11.8 Å². The number of rotatable bonds is 6. The van der Waals surface area contributed by atoms with E-state index >= 15 is 0 Å². The molecule has 4 rings (SSSR count). The Balaban J connectivity index is 1.30. The maximum atomic E-state index is 5.95. The average Bonchev–Trinajstić information content (AvgIpc) is 3.38. The summed E-state index contributed by atoms with van der Waals surface area (Å²) >= 11 is 1.77. The van der Waals surface area contributed by atoms with Crippen molar-refractivity contribution in [2.75, 3.05) is 25.4 Å². The van der Waals surface area contributed by atoms with Gasteiger partial charge in [0.1, 0.15) is 5.82 Å². The number of ether oxygens (including phenoxy) is 1. The van der Waals surface area contributed by atoms with Gasteiger partial charge in [-0.3, -0.25) is 4.90 Å². The quantitative estimate of drug-likeness (QED) is 0.754. The van der Waals surface area contributed by atoms with Gasteiger partial charge in [0, 0.05) is 38.4 Å². The van der Waals surface area contributed by atoms with Crippen LogP contribution in [0.15, 0.2) is 35.5 Å². The number of benzene rings is 1. The van der Waals surface area contributed by atoms with E-state index in [1.807, 2.05) is 0 Å². The number of aromatic nitrogens is 3. The highest BCUT2D eigenvalue weighted by Gasteiger charge is 2.29. The van der Waals surface area contributed by atoms with Crippen LogP contribution in [0.4, 0.5) is 0 Å². The molecule has 2 fully saturated rings. The van der Waals surface area contributed by atoms with Crippen LogP contribution in [0.5, 0.6) is 0 Å². The van der Waals surface area contributed by atoms with E-state index < -0.39 is 0 Å². The lowest BCUT2D eigenvalue weighted by Gasteiger charge is -2.32. The first-order valence-electron chi connectivity index (χ1n) is 8.69. The van der Waals surface area contributed by atoms with Gasteiger partial charge in [0.15, 0.2) is 5.16 Å². The summed E-state index contributed by atoms with van der Waals surface area (Å²) in [5.41, 5.74) is 1.37. The van der Waals surface area contributed by atoms with Gasteiger partial charge in [-0.1, -0.05) is 42.1 Å². The van der Waals surface area contributed by atoms with Crippen molar-refractivity contribution < 1.29 is 4.74 Å². The summed E-state index contributed by atoms with van der Waals surface area (Å²) in [7, 11) is 2.08. The number of morpholine rings is 1. The Bertz CT molecular complexity index is 671. The monoisotopic (exact) mass is 344 g/mol. The molecular weight excluding hydrogens is 320 g/mol. The summed E-state index contributed by atoms with van der Waals surface area (Å²) in [6.07, 6.45) is 2.78. The van der Waals surface area contributed by atoms with Gasteiger partial charge in [-0.25, -0.2) is 0 Å². The average molecular weight is 344 g/mol. The fourth-order valence-corrected chi connectivity index (χ4v) is 4.11. The van der Waals surface area contributed by atoms with Gasteiger partial charge in [-0.2, -0.15) is 0 Å². The van der Waals surface area contributed by atoms with Crippen molar-refractivity contribution in [3.8, 4) is 0 Å². The largest absolute Gasteiger partial charge is 0.375 e. The number of hydrogen-bond acceptors (Lipinski definition) is 5. The molecule has 1 atom stereocenters. The molecule has 1 aromatic heterocycles. The van der Waals surface area contributed by atoms with Crippen LogP contribution < -0.4 is 0 Å². The van der Waals surface area contributed by atoms with E-state index in [0.717, 1.165) is 43.0 Å². The highest BCUT2D eigenvalue weighted by molar-refractivity contribution is 7.99. The topological polar surface area (TPSA) is 43.2 Å². The van der Waals surface area contributed by atoms with E-state index in [0.29, 0.717) is 5.92 Å². The summed E-state index contributed by atoms with van der Waals surface area (Å²) in [4.78, 5) is 2.48. The van der Waals surface area contributed by atoms with Crippen LogP contribution in [0.3, 0.4) is 0 Å². The van der Waals surface area contributed by atoms with Gasteiger partial charge in [-0.05, 0) is 18.4 Å². The SMILES string of the molecule is Cn1c(SC[C@H]2CN(Cc3ccccc3)CCO2)nnc1C1CC1. The Morgan fingerprint density at radius 2 is 2.04 bits per heavy atom. The second kappa shape index (κ2) is 7.25. The molecule has 2 aliphatic rings. The first-order chi connectivity index (χ1) is 11.8. The lowest BCUT2D eigenvalue weighted by Crippen LogP contribution is -2.43. The molecule has 0 unspecified atom stereocenters. The fraction of sp³-hybridized carbons (Fsp3) is 0.556. The number of nitrogens with zero attached hydrogens (tertiary/aromatic N) is 4. The molecule has 0 bridgehead atoms. The third-order valence-corrected chi connectivity index (χ3v) is 5.83. The van der Waals surface area contributed by atoms with Gasteiger partial charge in [0.05, 0.1) is 12.7 Å². The van der Waals surface area contributed by atoms with Crippen LogP contribution in [0.25, 0.3) is 0 Å². The first kappa shape index (κ1) is 16.1. The molecule has 5 nitrogen and oxygen atoms in total. The van der Waals surface area contributed by atoms with Crippen LogP contribution in [-0.4, -0.2) is 51.2 Å². The van der Waals surface area contributed by atoms with Crippen molar-refractivity contribution in [1.82, 2.24) is 19.7 Å². The maximum absolute atomic E-state index is 5.95. The first-order valence-corrected chi connectivity index (χ1v) is 9.68.